The van der Waals surface area contributed by atoms with Crippen LogP contribution in [0.1, 0.15) is 24.2 Å². The van der Waals surface area contributed by atoms with Gasteiger partial charge in [0.2, 0.25) is 10.0 Å². The number of anilines is 1. The number of nitro benzene ring substituents is 1. The van der Waals surface area contributed by atoms with Gasteiger partial charge in [0.05, 0.1) is 9.82 Å². The van der Waals surface area contributed by atoms with E-state index in [4.69, 9.17) is 4.74 Å². The molecular formula is C21H24N4O8S. The van der Waals surface area contributed by atoms with E-state index in [1.165, 1.54) is 52.8 Å². The Balaban J connectivity index is 1.85. The van der Waals surface area contributed by atoms with Crippen LogP contribution >= 0.6 is 0 Å². The lowest BCUT2D eigenvalue weighted by Crippen LogP contribution is -2.32. The Labute approximate surface area is 196 Å². The number of hydrogen-bond acceptors (Lipinski definition) is 8. The highest BCUT2D eigenvalue weighted by Crippen LogP contribution is 2.23. The van der Waals surface area contributed by atoms with Crippen LogP contribution in [0.2, 0.25) is 0 Å². The molecule has 2 rings (SSSR count). The second-order valence-electron chi connectivity index (χ2n) is 6.78. The number of para-hydroxylation sites is 2. The van der Waals surface area contributed by atoms with Crippen molar-refractivity contribution < 1.29 is 32.5 Å². The van der Waals surface area contributed by atoms with Crippen molar-refractivity contribution in [2.24, 2.45) is 0 Å². The van der Waals surface area contributed by atoms with Crippen molar-refractivity contribution in [1.29, 1.82) is 0 Å². The molecule has 0 atom stereocenters. The van der Waals surface area contributed by atoms with Gasteiger partial charge in [0.15, 0.2) is 6.61 Å². The number of hydrogen-bond donors (Lipinski definition) is 2. The van der Waals surface area contributed by atoms with Gasteiger partial charge in [-0.05, 0) is 30.3 Å². The highest BCUT2D eigenvalue weighted by molar-refractivity contribution is 7.89. The quantitative estimate of drug-likeness (QED) is 0.271. The SMILES string of the molecule is CCN(CC)S(=O)(=O)c1ccc(C(=O)NCC(=O)OCC(=O)Nc2ccccc2[N+](=O)[O-])cc1. The normalized spacial score (nSPS) is 11.0. The van der Waals surface area contributed by atoms with E-state index in [1.54, 1.807) is 13.8 Å². The molecule has 0 saturated carbocycles. The number of sulfonamides is 1. The van der Waals surface area contributed by atoms with E-state index < -0.39 is 45.9 Å². The summed E-state index contributed by atoms with van der Waals surface area (Å²) in [6.07, 6.45) is 0. The molecule has 2 amide bonds. The van der Waals surface area contributed by atoms with Gasteiger partial charge in [0.1, 0.15) is 12.2 Å². The van der Waals surface area contributed by atoms with Gasteiger partial charge in [0, 0.05) is 24.7 Å². The summed E-state index contributed by atoms with van der Waals surface area (Å²) >= 11 is 0. The summed E-state index contributed by atoms with van der Waals surface area (Å²) in [4.78, 5) is 46.3. The van der Waals surface area contributed by atoms with E-state index in [9.17, 15) is 32.9 Å². The first kappa shape index (κ1) is 26.4. The number of carbonyl (C=O) groups excluding carboxylic acids is 3. The van der Waals surface area contributed by atoms with Crippen LogP contribution in [0.25, 0.3) is 0 Å². The third-order valence-electron chi connectivity index (χ3n) is 4.59. The van der Waals surface area contributed by atoms with Gasteiger partial charge < -0.3 is 15.4 Å². The fraction of sp³-hybridized carbons (Fsp3) is 0.286. The van der Waals surface area contributed by atoms with Crippen LogP contribution in [0, 0.1) is 10.1 Å². The topological polar surface area (TPSA) is 165 Å². The van der Waals surface area contributed by atoms with Gasteiger partial charge in [-0.2, -0.15) is 4.31 Å². The molecule has 0 aliphatic heterocycles. The van der Waals surface area contributed by atoms with Crippen LogP contribution in [0.15, 0.2) is 53.4 Å². The Morgan fingerprint density at radius 1 is 1.03 bits per heavy atom. The predicted octanol–water partition coefficient (Wildman–Crippen LogP) is 1.54. The molecule has 2 aromatic rings. The fourth-order valence-corrected chi connectivity index (χ4v) is 4.33. The van der Waals surface area contributed by atoms with Gasteiger partial charge in [-0.15, -0.1) is 0 Å². The minimum atomic E-state index is -3.66. The van der Waals surface area contributed by atoms with E-state index in [0.29, 0.717) is 13.1 Å². The third-order valence-corrected chi connectivity index (χ3v) is 6.66. The van der Waals surface area contributed by atoms with E-state index >= 15 is 0 Å². The molecular weight excluding hydrogens is 468 g/mol. The number of ether oxygens (including phenoxy) is 1. The molecule has 0 bridgehead atoms. The van der Waals surface area contributed by atoms with Crippen LogP contribution in [-0.4, -0.2) is 61.7 Å². The van der Waals surface area contributed by atoms with Crippen LogP contribution < -0.4 is 10.6 Å². The van der Waals surface area contributed by atoms with Crippen molar-refractivity contribution in [1.82, 2.24) is 9.62 Å². The second-order valence-corrected chi connectivity index (χ2v) is 8.72. The predicted molar refractivity (Wildman–Crippen MR) is 122 cm³/mol. The number of rotatable bonds is 11. The van der Waals surface area contributed by atoms with Crippen molar-refractivity contribution in [3.63, 3.8) is 0 Å². The summed E-state index contributed by atoms with van der Waals surface area (Å²) < 4.78 is 31.0. The fourth-order valence-electron chi connectivity index (χ4n) is 2.87. The standard InChI is InChI=1S/C21H24N4O8S/c1-3-24(4-2)34(31,32)16-11-9-15(10-12-16)21(28)22-13-20(27)33-14-19(26)23-17-7-5-6-8-18(17)25(29)30/h5-12H,3-4,13-14H2,1-2H3,(H,22,28)(H,23,26). The van der Waals surface area contributed by atoms with E-state index in [1.807, 2.05) is 0 Å². The first-order valence-corrected chi connectivity index (χ1v) is 11.6. The van der Waals surface area contributed by atoms with E-state index in [0.717, 1.165) is 0 Å². The second kappa shape index (κ2) is 11.9. The number of nitrogens with one attached hydrogen (secondary N) is 2. The molecule has 0 aromatic heterocycles. The van der Waals surface area contributed by atoms with Gasteiger partial charge >= 0.3 is 5.97 Å². The van der Waals surface area contributed by atoms with Crippen molar-refractivity contribution in [3.8, 4) is 0 Å². The average Bonchev–Trinajstić information content (AvgIpc) is 2.82. The molecule has 12 nitrogen and oxygen atoms in total. The van der Waals surface area contributed by atoms with Crippen LogP contribution in [-0.2, 0) is 24.3 Å². The number of carbonyl (C=O) groups is 3. The first-order chi connectivity index (χ1) is 16.1. The summed E-state index contributed by atoms with van der Waals surface area (Å²) in [5.41, 5.74) is -0.237. The maximum Gasteiger partial charge on any atom is 0.325 e. The lowest BCUT2D eigenvalue weighted by molar-refractivity contribution is -0.383. The van der Waals surface area contributed by atoms with E-state index in [-0.39, 0.29) is 21.8 Å². The number of amides is 2. The molecule has 13 heteroatoms. The van der Waals surface area contributed by atoms with Gasteiger partial charge in [-0.1, -0.05) is 26.0 Å². The molecule has 0 aliphatic rings. The lowest BCUT2D eigenvalue weighted by atomic mass is 10.2. The summed E-state index contributed by atoms with van der Waals surface area (Å²) in [5.74, 6) is -2.35. The van der Waals surface area contributed by atoms with Crippen molar-refractivity contribution >= 4 is 39.2 Å². The molecule has 2 N–H and O–H groups in total. The maximum atomic E-state index is 12.5. The van der Waals surface area contributed by atoms with E-state index in [2.05, 4.69) is 10.6 Å². The summed E-state index contributed by atoms with van der Waals surface area (Å²) in [6, 6.07) is 10.7. The molecule has 2 aromatic carbocycles. The Morgan fingerprint density at radius 2 is 1.65 bits per heavy atom. The molecule has 0 unspecified atom stereocenters. The highest BCUT2D eigenvalue weighted by atomic mass is 32.2. The van der Waals surface area contributed by atoms with Crippen LogP contribution in [0.4, 0.5) is 11.4 Å². The number of nitro groups is 1. The first-order valence-electron chi connectivity index (χ1n) is 10.2. The molecule has 34 heavy (non-hydrogen) atoms. The van der Waals surface area contributed by atoms with Gasteiger partial charge in [0.25, 0.3) is 17.5 Å². The van der Waals surface area contributed by atoms with Crippen LogP contribution in [0.5, 0.6) is 0 Å². The Bertz CT molecular complexity index is 1160. The zero-order valence-corrected chi connectivity index (χ0v) is 19.3. The zero-order valence-electron chi connectivity index (χ0n) is 18.5. The molecule has 182 valence electrons. The Morgan fingerprint density at radius 3 is 2.24 bits per heavy atom. The van der Waals surface area contributed by atoms with Gasteiger partial charge in [-0.3, -0.25) is 24.5 Å². The maximum absolute atomic E-state index is 12.5. The molecule has 0 radical (unpaired) electrons. The Kier molecular flexibility index (Phi) is 9.21. The molecule has 0 spiro atoms. The molecule has 0 saturated heterocycles. The minimum Gasteiger partial charge on any atom is -0.454 e. The van der Waals surface area contributed by atoms with Crippen molar-refractivity contribution in [3.05, 3.63) is 64.2 Å². The monoisotopic (exact) mass is 492 g/mol. The van der Waals surface area contributed by atoms with Crippen molar-refractivity contribution in [2.75, 3.05) is 31.6 Å². The largest absolute Gasteiger partial charge is 0.454 e. The summed E-state index contributed by atoms with van der Waals surface area (Å²) in [6.45, 7) is 2.80. The smallest absolute Gasteiger partial charge is 0.325 e. The lowest BCUT2D eigenvalue weighted by Gasteiger charge is -2.18. The number of benzene rings is 2. The molecule has 0 fully saturated rings. The molecule has 0 heterocycles. The number of esters is 1. The highest BCUT2D eigenvalue weighted by Gasteiger charge is 2.22. The third kappa shape index (κ3) is 6.83. The van der Waals surface area contributed by atoms with Crippen molar-refractivity contribution in [2.45, 2.75) is 18.7 Å². The number of nitrogens with zero attached hydrogens (tertiary/aromatic N) is 2. The van der Waals surface area contributed by atoms with Crippen LogP contribution in [0.3, 0.4) is 0 Å². The average molecular weight is 493 g/mol. The Hall–Kier alpha value is -3.84. The summed E-state index contributed by atoms with van der Waals surface area (Å²) in [7, 11) is -3.66. The molecule has 0 aliphatic carbocycles. The minimum absolute atomic E-state index is 0.0387. The zero-order chi connectivity index (χ0) is 25.3. The summed E-state index contributed by atoms with van der Waals surface area (Å²) in [5, 5.41) is 15.5. The van der Waals surface area contributed by atoms with Gasteiger partial charge in [-0.25, -0.2) is 8.42 Å².